The van der Waals surface area contributed by atoms with Gasteiger partial charge in [-0.05, 0) is 88.9 Å². The van der Waals surface area contributed by atoms with Crippen molar-refractivity contribution in [2.45, 2.75) is 84.9 Å². The van der Waals surface area contributed by atoms with Crippen molar-refractivity contribution in [3.63, 3.8) is 0 Å². The SMILES string of the molecule is CCN(CC)c1ccc(NC(=O)CN(Cc2ccc(OC(C)(C)C(=O)O)cc2)C2CCCCC2)c(C)c1. The number of aryl methyl sites for hydroxylation is 1. The second-order valence-corrected chi connectivity index (χ2v) is 10.5. The molecule has 2 aromatic carbocycles. The minimum Gasteiger partial charge on any atom is -0.478 e. The lowest BCUT2D eigenvalue weighted by atomic mass is 9.93. The molecule has 1 saturated carbocycles. The van der Waals surface area contributed by atoms with Gasteiger partial charge in [0.25, 0.3) is 0 Å². The molecule has 0 bridgehead atoms. The van der Waals surface area contributed by atoms with E-state index in [9.17, 15) is 14.7 Å². The molecule has 0 unspecified atom stereocenters. The van der Waals surface area contributed by atoms with E-state index in [0.717, 1.165) is 42.7 Å². The number of benzene rings is 2. The lowest BCUT2D eigenvalue weighted by Crippen LogP contribution is -2.41. The van der Waals surface area contributed by atoms with Gasteiger partial charge in [0.1, 0.15) is 5.75 Å². The third-order valence-corrected chi connectivity index (χ3v) is 7.25. The van der Waals surface area contributed by atoms with Crippen LogP contribution < -0.4 is 15.0 Å². The molecule has 3 rings (SSSR count). The molecule has 1 fully saturated rings. The second-order valence-electron chi connectivity index (χ2n) is 10.5. The minimum atomic E-state index is -1.30. The lowest BCUT2D eigenvalue weighted by Gasteiger charge is -2.34. The Bertz CT molecular complexity index is 1040. The fourth-order valence-corrected chi connectivity index (χ4v) is 4.94. The van der Waals surface area contributed by atoms with Gasteiger partial charge >= 0.3 is 5.97 Å². The highest BCUT2D eigenvalue weighted by Crippen LogP contribution is 2.26. The van der Waals surface area contributed by atoms with Crippen LogP contribution in [0.4, 0.5) is 11.4 Å². The smallest absolute Gasteiger partial charge is 0.347 e. The van der Waals surface area contributed by atoms with Crippen LogP contribution in [0.3, 0.4) is 0 Å². The Morgan fingerprint density at radius 1 is 1.03 bits per heavy atom. The van der Waals surface area contributed by atoms with Crippen LogP contribution in [0.2, 0.25) is 0 Å². The monoisotopic (exact) mass is 509 g/mol. The van der Waals surface area contributed by atoms with Crippen LogP contribution in [-0.4, -0.2) is 53.2 Å². The van der Waals surface area contributed by atoms with Crippen LogP contribution in [0.15, 0.2) is 42.5 Å². The molecule has 1 aliphatic rings. The van der Waals surface area contributed by atoms with E-state index in [1.165, 1.54) is 38.8 Å². The van der Waals surface area contributed by atoms with Crippen LogP contribution in [-0.2, 0) is 16.1 Å². The van der Waals surface area contributed by atoms with Crippen molar-refractivity contribution in [3.05, 3.63) is 53.6 Å². The lowest BCUT2D eigenvalue weighted by molar-refractivity contribution is -0.152. The van der Waals surface area contributed by atoms with Crippen molar-refractivity contribution < 1.29 is 19.4 Å². The average molecular weight is 510 g/mol. The Labute approximate surface area is 221 Å². The van der Waals surface area contributed by atoms with E-state index in [1.807, 2.05) is 25.1 Å². The molecule has 37 heavy (non-hydrogen) atoms. The largest absolute Gasteiger partial charge is 0.478 e. The summed E-state index contributed by atoms with van der Waals surface area (Å²) in [7, 11) is 0. The molecule has 202 valence electrons. The molecule has 7 heteroatoms. The molecule has 0 atom stereocenters. The van der Waals surface area contributed by atoms with Gasteiger partial charge in [0.15, 0.2) is 5.60 Å². The van der Waals surface area contributed by atoms with E-state index in [1.54, 1.807) is 12.1 Å². The zero-order valence-corrected chi connectivity index (χ0v) is 23.0. The number of carbonyl (C=O) groups is 2. The Morgan fingerprint density at radius 2 is 1.68 bits per heavy atom. The van der Waals surface area contributed by atoms with Crippen LogP contribution in [0.5, 0.6) is 5.75 Å². The predicted molar refractivity (Wildman–Crippen MR) is 149 cm³/mol. The summed E-state index contributed by atoms with van der Waals surface area (Å²) in [6.45, 7) is 12.3. The van der Waals surface area contributed by atoms with E-state index in [-0.39, 0.29) is 5.91 Å². The molecule has 2 N–H and O–H groups in total. The quantitative estimate of drug-likeness (QED) is 0.373. The van der Waals surface area contributed by atoms with Gasteiger partial charge in [-0.1, -0.05) is 31.4 Å². The number of anilines is 2. The standard InChI is InChI=1S/C30H43N3O4/c1-6-32(7-2)25-15-18-27(22(3)19-25)31-28(34)21-33(24-11-9-8-10-12-24)20-23-13-16-26(17-14-23)37-30(4,5)29(35)36/h13-19,24H,6-12,20-21H2,1-5H3,(H,31,34)(H,35,36). The van der Waals surface area contributed by atoms with E-state index >= 15 is 0 Å². The summed E-state index contributed by atoms with van der Waals surface area (Å²) in [5.74, 6) is -0.502. The van der Waals surface area contributed by atoms with Gasteiger partial charge in [0.2, 0.25) is 5.91 Å². The fraction of sp³-hybridized carbons (Fsp3) is 0.533. The number of nitrogens with zero attached hydrogens (tertiary/aromatic N) is 2. The van der Waals surface area contributed by atoms with E-state index in [0.29, 0.717) is 24.9 Å². The third kappa shape index (κ3) is 7.96. The van der Waals surface area contributed by atoms with Gasteiger partial charge in [0, 0.05) is 37.1 Å². The van der Waals surface area contributed by atoms with Crippen molar-refractivity contribution >= 4 is 23.3 Å². The summed E-state index contributed by atoms with van der Waals surface area (Å²) in [6, 6.07) is 14.1. The number of hydrogen-bond acceptors (Lipinski definition) is 5. The normalized spacial score (nSPS) is 14.4. The van der Waals surface area contributed by atoms with Crippen molar-refractivity contribution in [2.75, 3.05) is 29.9 Å². The van der Waals surface area contributed by atoms with Crippen LogP contribution >= 0.6 is 0 Å². The summed E-state index contributed by atoms with van der Waals surface area (Å²) in [5, 5.41) is 12.5. The number of aliphatic carboxylic acids is 1. The maximum absolute atomic E-state index is 13.2. The molecule has 0 aromatic heterocycles. The minimum absolute atomic E-state index is 0.00701. The second kappa shape index (κ2) is 13.0. The van der Waals surface area contributed by atoms with Gasteiger partial charge < -0.3 is 20.1 Å². The highest BCUT2D eigenvalue weighted by atomic mass is 16.5. The average Bonchev–Trinajstić information content (AvgIpc) is 2.87. The number of hydrogen-bond donors (Lipinski definition) is 2. The number of rotatable bonds is 12. The van der Waals surface area contributed by atoms with E-state index in [4.69, 9.17) is 4.74 Å². The Balaban J connectivity index is 1.69. The van der Waals surface area contributed by atoms with E-state index in [2.05, 4.69) is 41.1 Å². The molecule has 0 spiro atoms. The third-order valence-electron chi connectivity index (χ3n) is 7.25. The van der Waals surface area contributed by atoms with Gasteiger partial charge in [0.05, 0.1) is 6.54 Å². The van der Waals surface area contributed by atoms with Crippen LogP contribution in [0.1, 0.15) is 70.9 Å². The van der Waals surface area contributed by atoms with Crippen LogP contribution in [0.25, 0.3) is 0 Å². The van der Waals surface area contributed by atoms with Crippen molar-refractivity contribution in [3.8, 4) is 5.75 Å². The highest BCUT2D eigenvalue weighted by Gasteiger charge is 2.29. The summed E-state index contributed by atoms with van der Waals surface area (Å²) in [6.07, 6.45) is 5.81. The first-order chi connectivity index (χ1) is 17.6. The van der Waals surface area contributed by atoms with Crippen molar-refractivity contribution in [1.29, 1.82) is 0 Å². The van der Waals surface area contributed by atoms with Crippen LogP contribution in [0, 0.1) is 6.92 Å². The first-order valence-electron chi connectivity index (χ1n) is 13.5. The summed E-state index contributed by atoms with van der Waals surface area (Å²) < 4.78 is 5.64. The zero-order valence-electron chi connectivity index (χ0n) is 23.0. The number of carbonyl (C=O) groups excluding carboxylic acids is 1. The molecule has 0 radical (unpaired) electrons. The fourth-order valence-electron chi connectivity index (χ4n) is 4.94. The van der Waals surface area contributed by atoms with Gasteiger partial charge in [-0.15, -0.1) is 0 Å². The molecule has 1 amide bonds. The van der Waals surface area contributed by atoms with Gasteiger partial charge in [-0.2, -0.15) is 0 Å². The maximum Gasteiger partial charge on any atom is 0.347 e. The summed E-state index contributed by atoms with van der Waals surface area (Å²) in [5.41, 5.74) is 2.85. The topological polar surface area (TPSA) is 82.1 Å². The Morgan fingerprint density at radius 3 is 2.24 bits per heavy atom. The van der Waals surface area contributed by atoms with Crippen molar-refractivity contribution in [1.82, 2.24) is 4.90 Å². The van der Waals surface area contributed by atoms with Gasteiger partial charge in [-0.25, -0.2) is 4.79 Å². The molecule has 7 nitrogen and oxygen atoms in total. The number of carboxylic acids is 1. The zero-order chi connectivity index (χ0) is 27.0. The first-order valence-corrected chi connectivity index (χ1v) is 13.5. The molecule has 0 aliphatic heterocycles. The molecular weight excluding hydrogens is 466 g/mol. The van der Waals surface area contributed by atoms with Crippen molar-refractivity contribution in [2.24, 2.45) is 0 Å². The Hall–Kier alpha value is -3.06. The number of ether oxygens (including phenoxy) is 1. The molecule has 0 saturated heterocycles. The molecule has 1 aliphatic carbocycles. The number of amides is 1. The molecular formula is C30H43N3O4. The molecule has 0 heterocycles. The maximum atomic E-state index is 13.2. The number of carboxylic acid groups (broad SMARTS) is 1. The summed E-state index contributed by atoms with van der Waals surface area (Å²) in [4.78, 5) is 29.1. The highest BCUT2D eigenvalue weighted by molar-refractivity contribution is 5.93. The first kappa shape index (κ1) is 28.5. The summed E-state index contributed by atoms with van der Waals surface area (Å²) >= 11 is 0. The Kier molecular flexibility index (Phi) is 9.98. The van der Waals surface area contributed by atoms with E-state index < -0.39 is 11.6 Å². The predicted octanol–water partition coefficient (Wildman–Crippen LogP) is 5.86. The van der Waals surface area contributed by atoms with Gasteiger partial charge in [-0.3, -0.25) is 9.69 Å². The number of nitrogens with one attached hydrogen (secondary N) is 1. The molecule has 2 aromatic rings.